The largest absolute Gasteiger partial charge is 0.508 e. The Hall–Kier alpha value is -2.60. The summed E-state index contributed by atoms with van der Waals surface area (Å²) in [4.78, 5) is 20.7. The number of pyridine rings is 1. The van der Waals surface area contributed by atoms with Crippen LogP contribution in [0.15, 0.2) is 42.6 Å². The average molecular weight is 313 g/mol. The number of hydrogen-bond donors (Lipinski definition) is 1. The van der Waals surface area contributed by atoms with E-state index < -0.39 is 0 Å². The van der Waals surface area contributed by atoms with E-state index in [0.717, 1.165) is 24.6 Å². The molecular formula is C17H19N3O3. The third-order valence-electron chi connectivity index (χ3n) is 3.87. The van der Waals surface area contributed by atoms with Crippen LogP contribution in [0.2, 0.25) is 0 Å². The van der Waals surface area contributed by atoms with Gasteiger partial charge in [-0.3, -0.25) is 4.79 Å². The second-order valence-electron chi connectivity index (χ2n) is 5.38. The summed E-state index contributed by atoms with van der Waals surface area (Å²) >= 11 is 0. The molecular weight excluding hydrogens is 294 g/mol. The molecule has 1 fully saturated rings. The summed E-state index contributed by atoms with van der Waals surface area (Å²) in [6.07, 6.45) is 1.66. The normalized spacial score (nSPS) is 14.6. The van der Waals surface area contributed by atoms with E-state index in [-0.39, 0.29) is 11.7 Å². The molecule has 2 aromatic rings. The fourth-order valence-corrected chi connectivity index (χ4v) is 2.50. The van der Waals surface area contributed by atoms with E-state index in [1.165, 1.54) is 0 Å². The van der Waals surface area contributed by atoms with Crippen molar-refractivity contribution in [3.8, 4) is 5.75 Å². The number of anilines is 2. The number of phenols is 1. The molecule has 0 unspecified atom stereocenters. The van der Waals surface area contributed by atoms with E-state index >= 15 is 0 Å². The van der Waals surface area contributed by atoms with Gasteiger partial charge in [0.2, 0.25) is 0 Å². The molecule has 1 N–H and O–H groups in total. The van der Waals surface area contributed by atoms with Gasteiger partial charge in [0.15, 0.2) is 0 Å². The zero-order chi connectivity index (χ0) is 16.2. The van der Waals surface area contributed by atoms with Crippen molar-refractivity contribution in [1.29, 1.82) is 0 Å². The van der Waals surface area contributed by atoms with Gasteiger partial charge < -0.3 is 19.6 Å². The summed E-state index contributed by atoms with van der Waals surface area (Å²) in [6.45, 7) is 2.90. The van der Waals surface area contributed by atoms with Crippen LogP contribution in [0.5, 0.6) is 5.75 Å². The topological polar surface area (TPSA) is 65.9 Å². The summed E-state index contributed by atoms with van der Waals surface area (Å²) in [5.41, 5.74) is 1.30. The summed E-state index contributed by atoms with van der Waals surface area (Å²) in [7, 11) is 1.71. The van der Waals surface area contributed by atoms with Crippen molar-refractivity contribution in [2.24, 2.45) is 0 Å². The minimum Gasteiger partial charge on any atom is -0.508 e. The van der Waals surface area contributed by atoms with Crippen molar-refractivity contribution in [3.63, 3.8) is 0 Å². The molecule has 0 aliphatic carbocycles. The van der Waals surface area contributed by atoms with Gasteiger partial charge in [0.05, 0.1) is 13.2 Å². The standard InChI is InChI=1S/C17H19N3O3/c1-19(14-2-4-15(21)5-3-14)17(22)13-6-7-18-16(12-13)20-8-10-23-11-9-20/h2-7,12,21H,8-11H2,1H3. The molecule has 0 saturated carbocycles. The number of phenolic OH excluding ortho intramolecular Hbond substituents is 1. The predicted octanol–water partition coefficient (Wildman–Crippen LogP) is 1.90. The maximum atomic E-state index is 12.7. The molecule has 1 aliphatic heterocycles. The molecule has 1 amide bonds. The number of benzene rings is 1. The third-order valence-corrected chi connectivity index (χ3v) is 3.87. The highest BCUT2D eigenvalue weighted by Gasteiger charge is 2.17. The van der Waals surface area contributed by atoms with Gasteiger partial charge in [-0.2, -0.15) is 0 Å². The van der Waals surface area contributed by atoms with Gasteiger partial charge in [-0.15, -0.1) is 0 Å². The molecule has 3 rings (SSSR count). The van der Waals surface area contributed by atoms with Crippen LogP contribution in [0.4, 0.5) is 11.5 Å². The van der Waals surface area contributed by atoms with Crippen molar-refractivity contribution in [2.75, 3.05) is 43.2 Å². The summed E-state index contributed by atoms with van der Waals surface area (Å²) in [5, 5.41) is 9.35. The van der Waals surface area contributed by atoms with Gasteiger partial charge >= 0.3 is 0 Å². The highest BCUT2D eigenvalue weighted by atomic mass is 16.5. The molecule has 6 heteroatoms. The first-order chi connectivity index (χ1) is 11.1. The van der Waals surface area contributed by atoms with Crippen LogP contribution in [0.25, 0.3) is 0 Å². The summed E-state index contributed by atoms with van der Waals surface area (Å²) in [6, 6.07) is 10.1. The molecule has 23 heavy (non-hydrogen) atoms. The first-order valence-corrected chi connectivity index (χ1v) is 7.51. The number of carbonyl (C=O) groups excluding carboxylic acids is 1. The Morgan fingerprint density at radius 1 is 1.22 bits per heavy atom. The monoisotopic (exact) mass is 313 g/mol. The lowest BCUT2D eigenvalue weighted by Gasteiger charge is -2.28. The fraction of sp³-hybridized carbons (Fsp3) is 0.294. The molecule has 0 radical (unpaired) electrons. The second-order valence-corrected chi connectivity index (χ2v) is 5.38. The molecule has 1 saturated heterocycles. The molecule has 0 bridgehead atoms. The first kappa shape index (κ1) is 15.3. The van der Waals surface area contributed by atoms with Crippen LogP contribution in [0.3, 0.4) is 0 Å². The highest BCUT2D eigenvalue weighted by Crippen LogP contribution is 2.21. The molecule has 0 spiro atoms. The number of aromatic hydroxyl groups is 1. The average Bonchev–Trinajstić information content (AvgIpc) is 2.62. The Morgan fingerprint density at radius 2 is 1.91 bits per heavy atom. The number of rotatable bonds is 3. The van der Waals surface area contributed by atoms with E-state index in [9.17, 15) is 9.90 Å². The molecule has 2 heterocycles. The first-order valence-electron chi connectivity index (χ1n) is 7.51. The number of ether oxygens (including phenoxy) is 1. The second kappa shape index (κ2) is 6.66. The number of hydrogen-bond acceptors (Lipinski definition) is 5. The van der Waals surface area contributed by atoms with Gasteiger partial charge in [-0.25, -0.2) is 4.98 Å². The third kappa shape index (κ3) is 3.43. The Bertz CT molecular complexity index is 682. The fourth-order valence-electron chi connectivity index (χ4n) is 2.50. The lowest BCUT2D eigenvalue weighted by molar-refractivity contribution is 0.0993. The molecule has 1 aromatic carbocycles. The summed E-state index contributed by atoms with van der Waals surface area (Å²) in [5.74, 6) is 0.846. The van der Waals surface area contributed by atoms with Crippen molar-refractivity contribution in [2.45, 2.75) is 0 Å². The van der Waals surface area contributed by atoms with Crippen LogP contribution in [0, 0.1) is 0 Å². The van der Waals surface area contributed by atoms with Crippen LogP contribution in [-0.4, -0.2) is 49.3 Å². The minimum absolute atomic E-state index is 0.118. The molecule has 0 atom stereocenters. The molecule has 120 valence electrons. The van der Waals surface area contributed by atoms with Crippen LogP contribution in [-0.2, 0) is 4.74 Å². The van der Waals surface area contributed by atoms with E-state index in [1.807, 2.05) is 6.07 Å². The highest BCUT2D eigenvalue weighted by molar-refractivity contribution is 6.06. The lowest BCUT2D eigenvalue weighted by Crippen LogP contribution is -2.37. The zero-order valence-corrected chi connectivity index (χ0v) is 13.0. The number of amides is 1. The number of morpholine rings is 1. The van der Waals surface area contributed by atoms with Crippen molar-refractivity contribution >= 4 is 17.4 Å². The van der Waals surface area contributed by atoms with E-state index in [0.29, 0.717) is 18.8 Å². The van der Waals surface area contributed by atoms with Gasteiger partial charge in [0.1, 0.15) is 11.6 Å². The van der Waals surface area contributed by atoms with E-state index in [4.69, 9.17) is 4.74 Å². The molecule has 6 nitrogen and oxygen atoms in total. The van der Waals surface area contributed by atoms with Gasteiger partial charge in [-0.05, 0) is 36.4 Å². The Labute approximate surface area is 134 Å². The molecule has 1 aromatic heterocycles. The Morgan fingerprint density at radius 3 is 2.61 bits per heavy atom. The van der Waals surface area contributed by atoms with Crippen LogP contribution < -0.4 is 9.80 Å². The Balaban J connectivity index is 1.80. The molecule has 1 aliphatic rings. The van der Waals surface area contributed by atoms with Crippen molar-refractivity contribution in [1.82, 2.24) is 4.98 Å². The minimum atomic E-state index is -0.118. The van der Waals surface area contributed by atoms with E-state index in [2.05, 4.69) is 9.88 Å². The number of nitrogens with zero attached hydrogens (tertiary/aromatic N) is 3. The SMILES string of the molecule is CN(C(=O)c1ccnc(N2CCOCC2)c1)c1ccc(O)cc1. The zero-order valence-electron chi connectivity index (χ0n) is 13.0. The summed E-state index contributed by atoms with van der Waals surface area (Å²) < 4.78 is 5.34. The quantitative estimate of drug-likeness (QED) is 0.937. The van der Waals surface area contributed by atoms with Gasteiger partial charge in [0.25, 0.3) is 5.91 Å². The predicted molar refractivity (Wildman–Crippen MR) is 88.1 cm³/mol. The van der Waals surface area contributed by atoms with Crippen molar-refractivity contribution in [3.05, 3.63) is 48.2 Å². The number of carbonyl (C=O) groups is 1. The lowest BCUT2D eigenvalue weighted by atomic mass is 10.2. The Kier molecular flexibility index (Phi) is 4.43. The maximum absolute atomic E-state index is 12.7. The maximum Gasteiger partial charge on any atom is 0.258 e. The number of aromatic nitrogens is 1. The smallest absolute Gasteiger partial charge is 0.258 e. The van der Waals surface area contributed by atoms with Crippen LogP contribution in [0.1, 0.15) is 10.4 Å². The van der Waals surface area contributed by atoms with E-state index in [1.54, 1.807) is 48.5 Å². The van der Waals surface area contributed by atoms with Crippen molar-refractivity contribution < 1.29 is 14.6 Å². The van der Waals surface area contributed by atoms with Gasteiger partial charge in [0, 0.05) is 37.6 Å². The van der Waals surface area contributed by atoms with Gasteiger partial charge in [-0.1, -0.05) is 0 Å². The van der Waals surface area contributed by atoms with Crippen LogP contribution >= 0.6 is 0 Å².